The van der Waals surface area contributed by atoms with Gasteiger partial charge < -0.3 is 15.5 Å². The SMILES string of the molecule is Cc1nc(Oc2cc(N)ccc2Br)cc(=O)[nH]1. The zero-order valence-electron chi connectivity index (χ0n) is 9.03. The lowest BCUT2D eigenvalue weighted by Crippen LogP contribution is -2.08. The van der Waals surface area contributed by atoms with Gasteiger partial charge in [-0.15, -0.1) is 0 Å². The molecule has 0 unspecified atom stereocenters. The fourth-order valence-corrected chi connectivity index (χ4v) is 1.64. The van der Waals surface area contributed by atoms with Crippen LogP contribution in [0.1, 0.15) is 5.82 Å². The molecule has 0 aliphatic carbocycles. The van der Waals surface area contributed by atoms with Crippen molar-refractivity contribution >= 4 is 21.6 Å². The summed E-state index contributed by atoms with van der Waals surface area (Å²) in [5.41, 5.74) is 5.97. The Morgan fingerprint density at radius 3 is 2.88 bits per heavy atom. The minimum atomic E-state index is -0.257. The largest absolute Gasteiger partial charge is 0.437 e. The van der Waals surface area contributed by atoms with E-state index < -0.39 is 0 Å². The fourth-order valence-electron chi connectivity index (χ4n) is 1.32. The topological polar surface area (TPSA) is 81.0 Å². The molecule has 0 spiro atoms. The van der Waals surface area contributed by atoms with E-state index in [4.69, 9.17) is 10.5 Å². The Kier molecular flexibility index (Phi) is 3.14. The van der Waals surface area contributed by atoms with E-state index in [1.807, 2.05) is 0 Å². The number of nitrogens with one attached hydrogen (secondary N) is 1. The summed E-state index contributed by atoms with van der Waals surface area (Å²) in [6.07, 6.45) is 0. The van der Waals surface area contributed by atoms with Crippen LogP contribution in [0.3, 0.4) is 0 Å². The average Bonchev–Trinajstić information content (AvgIpc) is 2.22. The molecule has 0 radical (unpaired) electrons. The number of benzene rings is 1. The smallest absolute Gasteiger partial charge is 0.254 e. The van der Waals surface area contributed by atoms with Gasteiger partial charge >= 0.3 is 0 Å². The highest BCUT2D eigenvalue weighted by Crippen LogP contribution is 2.30. The second-order valence-corrected chi connectivity index (χ2v) is 4.32. The van der Waals surface area contributed by atoms with Crippen LogP contribution in [0.15, 0.2) is 33.5 Å². The van der Waals surface area contributed by atoms with Gasteiger partial charge in [-0.05, 0) is 35.0 Å². The summed E-state index contributed by atoms with van der Waals surface area (Å²) in [6, 6.07) is 6.45. The van der Waals surface area contributed by atoms with E-state index in [9.17, 15) is 4.79 Å². The molecule has 0 aliphatic rings. The molecule has 0 amide bonds. The molecular formula is C11H10BrN3O2. The van der Waals surface area contributed by atoms with Gasteiger partial charge in [0.15, 0.2) is 0 Å². The Labute approximate surface area is 106 Å². The van der Waals surface area contributed by atoms with Gasteiger partial charge in [0, 0.05) is 11.8 Å². The second kappa shape index (κ2) is 4.58. The zero-order chi connectivity index (χ0) is 12.4. The molecule has 0 saturated carbocycles. The van der Waals surface area contributed by atoms with E-state index in [2.05, 4.69) is 25.9 Å². The second-order valence-electron chi connectivity index (χ2n) is 3.46. The number of hydrogen-bond donors (Lipinski definition) is 2. The molecule has 5 nitrogen and oxygen atoms in total. The first-order valence-corrected chi connectivity index (χ1v) is 5.65. The molecule has 3 N–H and O–H groups in total. The van der Waals surface area contributed by atoms with Crippen LogP contribution in [0.4, 0.5) is 5.69 Å². The first kappa shape index (κ1) is 11.7. The van der Waals surface area contributed by atoms with Crippen LogP contribution < -0.4 is 16.0 Å². The van der Waals surface area contributed by atoms with E-state index in [1.54, 1.807) is 25.1 Å². The van der Waals surface area contributed by atoms with Gasteiger partial charge in [-0.1, -0.05) is 0 Å². The van der Waals surface area contributed by atoms with Crippen molar-refractivity contribution in [3.05, 3.63) is 44.9 Å². The Balaban J connectivity index is 2.37. The molecule has 17 heavy (non-hydrogen) atoms. The number of hydrogen-bond acceptors (Lipinski definition) is 4. The number of nitrogens with zero attached hydrogens (tertiary/aromatic N) is 1. The Morgan fingerprint density at radius 1 is 1.41 bits per heavy atom. The lowest BCUT2D eigenvalue weighted by molar-refractivity contribution is 0.456. The predicted octanol–water partition coefficient (Wildman–Crippen LogP) is 2.22. The fraction of sp³-hybridized carbons (Fsp3) is 0.0909. The van der Waals surface area contributed by atoms with Crippen molar-refractivity contribution in [1.82, 2.24) is 9.97 Å². The maximum atomic E-state index is 11.2. The number of nitrogen functional groups attached to an aromatic ring is 1. The van der Waals surface area contributed by atoms with E-state index in [-0.39, 0.29) is 11.4 Å². The van der Waals surface area contributed by atoms with Crippen molar-refractivity contribution in [2.75, 3.05) is 5.73 Å². The van der Waals surface area contributed by atoms with Crippen LogP contribution >= 0.6 is 15.9 Å². The first-order chi connectivity index (χ1) is 8.04. The first-order valence-electron chi connectivity index (χ1n) is 4.85. The normalized spacial score (nSPS) is 10.2. The number of aromatic amines is 1. The number of aryl methyl sites for hydroxylation is 1. The van der Waals surface area contributed by atoms with Crippen molar-refractivity contribution in [3.8, 4) is 11.6 Å². The van der Waals surface area contributed by atoms with Crippen molar-refractivity contribution in [3.63, 3.8) is 0 Å². The number of halogens is 1. The van der Waals surface area contributed by atoms with Crippen molar-refractivity contribution in [2.24, 2.45) is 0 Å². The predicted molar refractivity (Wildman–Crippen MR) is 68.2 cm³/mol. The van der Waals surface area contributed by atoms with E-state index in [0.717, 1.165) is 4.47 Å². The summed E-state index contributed by atoms with van der Waals surface area (Å²) in [4.78, 5) is 17.8. The van der Waals surface area contributed by atoms with Crippen molar-refractivity contribution in [2.45, 2.75) is 6.92 Å². The maximum absolute atomic E-state index is 11.2. The van der Waals surface area contributed by atoms with Crippen LogP contribution in [-0.2, 0) is 0 Å². The molecule has 0 atom stereocenters. The number of rotatable bonds is 2. The van der Waals surface area contributed by atoms with Crippen LogP contribution in [-0.4, -0.2) is 9.97 Å². The monoisotopic (exact) mass is 295 g/mol. The molecule has 88 valence electrons. The van der Waals surface area contributed by atoms with Gasteiger partial charge in [0.05, 0.1) is 10.5 Å². The molecule has 2 aromatic rings. The highest BCUT2D eigenvalue weighted by molar-refractivity contribution is 9.10. The van der Waals surface area contributed by atoms with Gasteiger partial charge in [-0.2, -0.15) is 0 Å². The van der Waals surface area contributed by atoms with Crippen molar-refractivity contribution in [1.29, 1.82) is 0 Å². The molecule has 0 bridgehead atoms. The van der Waals surface area contributed by atoms with Crippen molar-refractivity contribution < 1.29 is 4.74 Å². The minimum absolute atomic E-state index is 0.234. The number of ether oxygens (including phenoxy) is 1. The molecular weight excluding hydrogens is 286 g/mol. The highest BCUT2D eigenvalue weighted by atomic mass is 79.9. The minimum Gasteiger partial charge on any atom is -0.437 e. The summed E-state index contributed by atoms with van der Waals surface area (Å²) in [7, 11) is 0. The van der Waals surface area contributed by atoms with E-state index in [0.29, 0.717) is 17.3 Å². The molecule has 1 heterocycles. The molecule has 0 saturated heterocycles. The molecule has 1 aromatic heterocycles. The van der Waals surface area contributed by atoms with Gasteiger partial charge in [0.1, 0.15) is 11.6 Å². The summed E-state index contributed by atoms with van der Waals surface area (Å²) in [5.74, 6) is 1.24. The summed E-state index contributed by atoms with van der Waals surface area (Å²) < 4.78 is 6.24. The van der Waals surface area contributed by atoms with Crippen LogP contribution in [0, 0.1) is 6.92 Å². The Bertz CT molecular complexity index is 610. The molecule has 1 aromatic carbocycles. The van der Waals surface area contributed by atoms with E-state index in [1.165, 1.54) is 6.07 Å². The standard InChI is InChI=1S/C11H10BrN3O2/c1-6-14-10(16)5-11(15-6)17-9-4-7(13)2-3-8(9)12/h2-5H,13H2,1H3,(H,14,15,16). The third-order valence-corrected chi connectivity index (χ3v) is 2.66. The van der Waals surface area contributed by atoms with Crippen LogP contribution in [0.2, 0.25) is 0 Å². The van der Waals surface area contributed by atoms with Gasteiger partial charge in [-0.25, -0.2) is 4.98 Å². The summed E-state index contributed by atoms with van der Waals surface area (Å²) in [5, 5.41) is 0. The lowest BCUT2D eigenvalue weighted by Gasteiger charge is -2.07. The van der Waals surface area contributed by atoms with Gasteiger partial charge in [0.25, 0.3) is 5.56 Å². The summed E-state index contributed by atoms with van der Waals surface area (Å²) in [6.45, 7) is 1.68. The van der Waals surface area contributed by atoms with Gasteiger partial charge in [0.2, 0.25) is 5.88 Å². The Morgan fingerprint density at radius 2 is 2.18 bits per heavy atom. The molecule has 6 heteroatoms. The third kappa shape index (κ3) is 2.85. The summed E-state index contributed by atoms with van der Waals surface area (Å²) >= 11 is 3.33. The number of nitrogens with two attached hydrogens (primary N) is 1. The zero-order valence-corrected chi connectivity index (χ0v) is 10.6. The number of anilines is 1. The van der Waals surface area contributed by atoms with Crippen LogP contribution in [0.25, 0.3) is 0 Å². The van der Waals surface area contributed by atoms with E-state index >= 15 is 0 Å². The third-order valence-electron chi connectivity index (χ3n) is 2.01. The maximum Gasteiger partial charge on any atom is 0.254 e. The lowest BCUT2D eigenvalue weighted by atomic mass is 10.3. The highest BCUT2D eigenvalue weighted by Gasteiger charge is 2.05. The van der Waals surface area contributed by atoms with Gasteiger partial charge in [-0.3, -0.25) is 4.79 Å². The average molecular weight is 296 g/mol. The number of aromatic nitrogens is 2. The quantitative estimate of drug-likeness (QED) is 0.833. The molecule has 0 fully saturated rings. The number of H-pyrrole nitrogens is 1. The van der Waals surface area contributed by atoms with Crippen LogP contribution in [0.5, 0.6) is 11.6 Å². The molecule has 0 aliphatic heterocycles. The Hall–Kier alpha value is -1.82. The molecule has 2 rings (SSSR count).